The van der Waals surface area contributed by atoms with Crippen molar-refractivity contribution in [2.75, 3.05) is 0 Å². The van der Waals surface area contributed by atoms with E-state index in [4.69, 9.17) is 19.2 Å². The van der Waals surface area contributed by atoms with Crippen molar-refractivity contribution in [2.24, 2.45) is 0 Å². The molecule has 1 aromatic rings. The lowest BCUT2D eigenvalue weighted by molar-refractivity contribution is -0.00145. The fourth-order valence-electron chi connectivity index (χ4n) is 1.52. The first kappa shape index (κ1) is 18.6. The Hall–Kier alpha value is -2.49. The summed E-state index contributed by atoms with van der Waals surface area (Å²) in [5.41, 5.74) is -1.53. The molecule has 0 spiro atoms. The number of ether oxygens (including phenoxy) is 2. The van der Waals surface area contributed by atoms with Gasteiger partial charge < -0.3 is 13.9 Å². The van der Waals surface area contributed by atoms with E-state index in [0.717, 1.165) is 4.90 Å². The van der Waals surface area contributed by atoms with Gasteiger partial charge in [-0.25, -0.2) is 14.5 Å². The molecule has 1 heterocycles. The average Bonchev–Trinajstić information content (AvgIpc) is 2.79. The van der Waals surface area contributed by atoms with Crippen molar-refractivity contribution in [3.05, 3.63) is 23.7 Å². The molecule has 0 atom stereocenters. The van der Waals surface area contributed by atoms with E-state index in [-0.39, 0.29) is 18.1 Å². The molecule has 2 amide bonds. The molecular formula is C16H22N2O5. The second-order valence-electron chi connectivity index (χ2n) is 6.92. The minimum absolute atomic E-state index is 0.0910. The molecule has 1 rings (SSSR count). The highest BCUT2D eigenvalue weighted by atomic mass is 16.6. The summed E-state index contributed by atoms with van der Waals surface area (Å²) in [5.74, 6) is 0.367. The van der Waals surface area contributed by atoms with Gasteiger partial charge in [-0.15, -0.1) is 0 Å². The Morgan fingerprint density at radius 2 is 1.57 bits per heavy atom. The Kier molecular flexibility index (Phi) is 5.43. The van der Waals surface area contributed by atoms with E-state index in [0.29, 0.717) is 0 Å². The second-order valence-corrected chi connectivity index (χ2v) is 6.92. The molecule has 0 radical (unpaired) electrons. The van der Waals surface area contributed by atoms with Gasteiger partial charge in [-0.2, -0.15) is 5.26 Å². The van der Waals surface area contributed by atoms with Crippen molar-refractivity contribution in [3.8, 4) is 6.07 Å². The first-order valence-corrected chi connectivity index (χ1v) is 7.13. The maximum absolute atomic E-state index is 12.3. The van der Waals surface area contributed by atoms with E-state index in [1.807, 2.05) is 6.07 Å². The van der Waals surface area contributed by atoms with Gasteiger partial charge in [0.25, 0.3) is 0 Å². The van der Waals surface area contributed by atoms with E-state index in [1.165, 1.54) is 12.1 Å². The Morgan fingerprint density at radius 3 is 1.91 bits per heavy atom. The summed E-state index contributed by atoms with van der Waals surface area (Å²) in [4.78, 5) is 25.3. The summed E-state index contributed by atoms with van der Waals surface area (Å²) in [5, 5.41) is 8.77. The molecule has 0 saturated carbocycles. The van der Waals surface area contributed by atoms with Gasteiger partial charge in [0.05, 0.1) is 6.54 Å². The van der Waals surface area contributed by atoms with Crippen molar-refractivity contribution in [1.29, 1.82) is 5.26 Å². The fourth-order valence-corrected chi connectivity index (χ4v) is 1.52. The zero-order chi connectivity index (χ0) is 17.8. The molecule has 0 aliphatic rings. The zero-order valence-electron chi connectivity index (χ0n) is 14.3. The lowest BCUT2D eigenvalue weighted by Gasteiger charge is -2.28. The van der Waals surface area contributed by atoms with Gasteiger partial charge in [0.15, 0.2) is 0 Å². The highest BCUT2D eigenvalue weighted by molar-refractivity contribution is 5.88. The van der Waals surface area contributed by atoms with E-state index in [9.17, 15) is 9.59 Å². The maximum Gasteiger partial charge on any atom is 0.420 e. The minimum atomic E-state index is -0.846. The summed E-state index contributed by atoms with van der Waals surface area (Å²) in [7, 11) is 0. The zero-order valence-corrected chi connectivity index (χ0v) is 14.3. The van der Waals surface area contributed by atoms with Crippen LogP contribution < -0.4 is 0 Å². The Morgan fingerprint density at radius 1 is 1.09 bits per heavy atom. The Bertz CT molecular complexity index is 586. The van der Waals surface area contributed by atoms with Gasteiger partial charge in [0.2, 0.25) is 5.76 Å². The fraction of sp³-hybridized carbons (Fsp3) is 0.562. The number of imide groups is 1. The molecule has 0 saturated heterocycles. The molecule has 0 aliphatic carbocycles. The van der Waals surface area contributed by atoms with Gasteiger partial charge >= 0.3 is 12.2 Å². The average molecular weight is 322 g/mol. The molecule has 0 aromatic carbocycles. The number of carbonyl (C=O) groups is 2. The second kappa shape index (κ2) is 6.73. The predicted octanol–water partition coefficient (Wildman–Crippen LogP) is 3.82. The van der Waals surface area contributed by atoms with E-state index in [1.54, 1.807) is 41.5 Å². The maximum atomic E-state index is 12.3. The van der Waals surface area contributed by atoms with Crippen LogP contribution in [-0.4, -0.2) is 28.3 Å². The lowest BCUT2D eigenvalue weighted by atomic mass is 10.2. The monoisotopic (exact) mass is 322 g/mol. The van der Waals surface area contributed by atoms with Crippen LogP contribution in [0.15, 0.2) is 16.5 Å². The number of amides is 2. The highest BCUT2D eigenvalue weighted by Gasteiger charge is 2.32. The summed E-state index contributed by atoms with van der Waals surface area (Å²) in [6.07, 6.45) is -1.69. The van der Waals surface area contributed by atoms with E-state index < -0.39 is 23.4 Å². The summed E-state index contributed by atoms with van der Waals surface area (Å²) in [6, 6.07) is 4.81. The van der Waals surface area contributed by atoms with Gasteiger partial charge in [-0.05, 0) is 53.7 Å². The van der Waals surface area contributed by atoms with Crippen LogP contribution in [0.4, 0.5) is 9.59 Å². The molecule has 7 nitrogen and oxygen atoms in total. The molecule has 1 aromatic heterocycles. The van der Waals surface area contributed by atoms with Crippen LogP contribution in [0.1, 0.15) is 53.1 Å². The number of carbonyl (C=O) groups excluding carboxylic acids is 2. The summed E-state index contributed by atoms with van der Waals surface area (Å²) >= 11 is 0. The first-order valence-electron chi connectivity index (χ1n) is 7.13. The molecule has 0 N–H and O–H groups in total. The molecule has 126 valence electrons. The lowest BCUT2D eigenvalue weighted by Crippen LogP contribution is -2.43. The smallest absolute Gasteiger partial charge is 0.420 e. The number of hydrogen-bond acceptors (Lipinski definition) is 6. The van der Waals surface area contributed by atoms with Gasteiger partial charge in [-0.1, -0.05) is 0 Å². The number of rotatable bonds is 2. The van der Waals surface area contributed by atoms with Crippen LogP contribution in [0.3, 0.4) is 0 Å². The van der Waals surface area contributed by atoms with Crippen LogP contribution >= 0.6 is 0 Å². The molecule has 23 heavy (non-hydrogen) atoms. The number of hydrogen-bond donors (Lipinski definition) is 0. The molecule has 0 bridgehead atoms. The number of furan rings is 1. The van der Waals surface area contributed by atoms with Crippen LogP contribution in [0, 0.1) is 11.3 Å². The van der Waals surface area contributed by atoms with Crippen LogP contribution in [-0.2, 0) is 16.0 Å². The largest absolute Gasteiger partial charge is 0.449 e. The predicted molar refractivity (Wildman–Crippen MR) is 81.4 cm³/mol. The molecule has 7 heteroatoms. The standard InChI is InChI=1S/C16H22N2O5/c1-15(2,3)22-13(19)18(14(20)23-16(4,5)6)10-12-8-7-11(9-17)21-12/h7-8H,10H2,1-6H3. The number of nitriles is 1. The third kappa shape index (κ3) is 6.43. The normalized spacial score (nSPS) is 11.5. The third-order valence-corrected chi connectivity index (χ3v) is 2.31. The van der Waals surface area contributed by atoms with Crippen molar-refractivity contribution in [2.45, 2.75) is 59.3 Å². The molecular weight excluding hydrogens is 300 g/mol. The van der Waals surface area contributed by atoms with Crippen LogP contribution in [0.25, 0.3) is 0 Å². The highest BCUT2D eigenvalue weighted by Crippen LogP contribution is 2.18. The van der Waals surface area contributed by atoms with Crippen molar-refractivity contribution >= 4 is 12.2 Å². The Labute approximate surface area is 135 Å². The quantitative estimate of drug-likeness (QED) is 0.821. The van der Waals surface area contributed by atoms with Gasteiger partial charge in [0.1, 0.15) is 23.0 Å². The van der Waals surface area contributed by atoms with Gasteiger partial charge in [-0.3, -0.25) is 0 Å². The van der Waals surface area contributed by atoms with Gasteiger partial charge in [0, 0.05) is 0 Å². The van der Waals surface area contributed by atoms with Crippen molar-refractivity contribution in [3.63, 3.8) is 0 Å². The van der Waals surface area contributed by atoms with E-state index in [2.05, 4.69) is 0 Å². The first-order chi connectivity index (χ1) is 10.4. The third-order valence-electron chi connectivity index (χ3n) is 2.31. The summed E-state index contributed by atoms with van der Waals surface area (Å²) in [6.45, 7) is 9.97. The summed E-state index contributed by atoms with van der Waals surface area (Å²) < 4.78 is 15.6. The van der Waals surface area contributed by atoms with E-state index >= 15 is 0 Å². The molecule has 0 aliphatic heterocycles. The van der Waals surface area contributed by atoms with Crippen LogP contribution in [0.5, 0.6) is 0 Å². The Balaban J connectivity index is 2.98. The topological polar surface area (TPSA) is 92.8 Å². The van der Waals surface area contributed by atoms with Crippen LogP contribution in [0.2, 0.25) is 0 Å². The minimum Gasteiger partial charge on any atom is -0.449 e. The number of nitrogens with zero attached hydrogens (tertiary/aromatic N) is 2. The molecule has 0 unspecified atom stereocenters. The van der Waals surface area contributed by atoms with Crippen molar-refractivity contribution < 1.29 is 23.5 Å². The molecule has 0 fully saturated rings. The SMILES string of the molecule is CC(C)(C)OC(=O)N(Cc1ccc(C#N)o1)C(=O)OC(C)(C)C. The van der Waals surface area contributed by atoms with Crippen molar-refractivity contribution in [1.82, 2.24) is 4.90 Å².